The predicted molar refractivity (Wildman–Crippen MR) is 107 cm³/mol. The minimum atomic E-state index is -0.211. The molecule has 134 valence electrons. The molecule has 27 heavy (non-hydrogen) atoms. The van der Waals surface area contributed by atoms with Gasteiger partial charge in [-0.05, 0) is 30.3 Å². The monoisotopic (exact) mass is 357 g/mol. The number of fused-ring (bicyclic) bond motifs is 1. The third kappa shape index (κ3) is 3.15. The Hall–Kier alpha value is -3.60. The van der Waals surface area contributed by atoms with Gasteiger partial charge in [0.25, 0.3) is 5.91 Å². The van der Waals surface area contributed by atoms with Gasteiger partial charge < -0.3 is 14.6 Å². The molecule has 1 N–H and O–H groups in total. The molecule has 5 heteroatoms. The van der Waals surface area contributed by atoms with Crippen LogP contribution in [0, 0.1) is 0 Å². The highest BCUT2D eigenvalue weighted by Gasteiger charge is 2.14. The van der Waals surface area contributed by atoms with Crippen LogP contribution in [0.15, 0.2) is 72.8 Å². The predicted octanol–water partition coefficient (Wildman–Crippen LogP) is 4.50. The zero-order chi connectivity index (χ0) is 18.8. The molecule has 0 saturated carbocycles. The van der Waals surface area contributed by atoms with Crippen molar-refractivity contribution in [2.75, 3.05) is 12.4 Å². The maximum absolute atomic E-state index is 12.6. The van der Waals surface area contributed by atoms with Crippen LogP contribution in [0.1, 0.15) is 10.4 Å². The average Bonchev–Trinajstić information content (AvgIpc) is 3.05. The molecule has 4 aromatic rings. The van der Waals surface area contributed by atoms with Crippen molar-refractivity contribution in [3.63, 3.8) is 0 Å². The average molecular weight is 357 g/mol. The molecular formula is C22H19N3O2. The summed E-state index contributed by atoms with van der Waals surface area (Å²) < 4.78 is 7.30. The summed E-state index contributed by atoms with van der Waals surface area (Å²) >= 11 is 0. The summed E-state index contributed by atoms with van der Waals surface area (Å²) in [5.74, 6) is 1.22. The summed E-state index contributed by atoms with van der Waals surface area (Å²) in [7, 11) is 3.53. The topological polar surface area (TPSA) is 56.1 Å². The van der Waals surface area contributed by atoms with Gasteiger partial charge in [-0.25, -0.2) is 4.98 Å². The highest BCUT2D eigenvalue weighted by molar-refractivity contribution is 6.06. The number of amides is 1. The molecule has 0 bridgehead atoms. The molecule has 0 atom stereocenters. The lowest BCUT2D eigenvalue weighted by Gasteiger charge is -2.09. The van der Waals surface area contributed by atoms with E-state index in [1.54, 1.807) is 19.2 Å². The third-order valence-electron chi connectivity index (χ3n) is 4.52. The van der Waals surface area contributed by atoms with E-state index in [9.17, 15) is 4.79 Å². The Morgan fingerprint density at radius 3 is 2.52 bits per heavy atom. The number of para-hydroxylation sites is 1. The maximum Gasteiger partial charge on any atom is 0.259 e. The van der Waals surface area contributed by atoms with Crippen molar-refractivity contribution >= 4 is 22.6 Å². The van der Waals surface area contributed by atoms with Crippen molar-refractivity contribution in [3.8, 4) is 17.1 Å². The standard InChI is InChI=1S/C22H19N3O2/c1-25-19-14-16(23-22(26)17-10-6-7-11-20(17)27-2)12-13-18(19)24-21(25)15-8-4-3-5-9-15/h3-14H,1-2H3,(H,23,26). The van der Waals surface area contributed by atoms with Crippen LogP contribution in [0.25, 0.3) is 22.4 Å². The van der Waals surface area contributed by atoms with E-state index in [0.717, 1.165) is 22.4 Å². The number of carbonyl (C=O) groups excluding carboxylic acids is 1. The van der Waals surface area contributed by atoms with Crippen molar-refractivity contribution in [1.29, 1.82) is 0 Å². The van der Waals surface area contributed by atoms with Gasteiger partial charge in [0, 0.05) is 18.3 Å². The van der Waals surface area contributed by atoms with E-state index in [1.165, 1.54) is 0 Å². The Morgan fingerprint density at radius 2 is 1.74 bits per heavy atom. The van der Waals surface area contributed by atoms with Gasteiger partial charge in [-0.15, -0.1) is 0 Å². The van der Waals surface area contributed by atoms with Gasteiger partial charge >= 0.3 is 0 Å². The first kappa shape index (κ1) is 16.8. The van der Waals surface area contributed by atoms with E-state index in [2.05, 4.69) is 5.32 Å². The highest BCUT2D eigenvalue weighted by Crippen LogP contribution is 2.26. The summed E-state index contributed by atoms with van der Waals surface area (Å²) in [6.07, 6.45) is 0. The van der Waals surface area contributed by atoms with Crippen LogP contribution in [-0.4, -0.2) is 22.6 Å². The first-order valence-electron chi connectivity index (χ1n) is 8.63. The van der Waals surface area contributed by atoms with Crippen LogP contribution in [0.3, 0.4) is 0 Å². The van der Waals surface area contributed by atoms with Gasteiger partial charge in [0.15, 0.2) is 0 Å². The Labute approximate surface area is 157 Å². The Bertz CT molecular complexity index is 1120. The minimum absolute atomic E-state index is 0.211. The number of imidazole rings is 1. The Kier molecular flexibility index (Phi) is 4.34. The number of ether oxygens (including phenoxy) is 1. The molecule has 0 aliphatic heterocycles. The van der Waals surface area contributed by atoms with Crippen LogP contribution in [0.5, 0.6) is 5.75 Å². The molecule has 3 aromatic carbocycles. The number of rotatable bonds is 4. The molecule has 1 aromatic heterocycles. The number of hydrogen-bond acceptors (Lipinski definition) is 3. The number of nitrogens with zero attached hydrogens (tertiary/aromatic N) is 2. The second-order valence-corrected chi connectivity index (χ2v) is 6.22. The molecule has 4 rings (SSSR count). The van der Waals surface area contributed by atoms with Crippen LogP contribution < -0.4 is 10.1 Å². The van der Waals surface area contributed by atoms with E-state index < -0.39 is 0 Å². The number of aryl methyl sites for hydroxylation is 1. The fraction of sp³-hybridized carbons (Fsp3) is 0.0909. The Balaban J connectivity index is 1.68. The fourth-order valence-corrected chi connectivity index (χ4v) is 3.14. The molecule has 0 unspecified atom stereocenters. The smallest absolute Gasteiger partial charge is 0.259 e. The van der Waals surface area contributed by atoms with Crippen molar-refractivity contribution in [1.82, 2.24) is 9.55 Å². The highest BCUT2D eigenvalue weighted by atomic mass is 16.5. The number of anilines is 1. The molecule has 5 nitrogen and oxygen atoms in total. The van der Waals surface area contributed by atoms with Crippen LogP contribution in [-0.2, 0) is 7.05 Å². The molecule has 1 amide bonds. The molecule has 0 saturated heterocycles. The van der Waals surface area contributed by atoms with Gasteiger partial charge in [0.05, 0.1) is 23.7 Å². The molecular weight excluding hydrogens is 338 g/mol. The van der Waals surface area contributed by atoms with Crippen molar-refractivity contribution < 1.29 is 9.53 Å². The second kappa shape index (κ2) is 6.96. The van der Waals surface area contributed by atoms with Crippen LogP contribution in [0.4, 0.5) is 5.69 Å². The molecule has 0 radical (unpaired) electrons. The molecule has 0 spiro atoms. The largest absolute Gasteiger partial charge is 0.496 e. The normalized spacial score (nSPS) is 10.7. The van der Waals surface area contributed by atoms with E-state index in [4.69, 9.17) is 9.72 Å². The SMILES string of the molecule is COc1ccccc1C(=O)Nc1ccc2nc(-c3ccccc3)n(C)c2c1. The Morgan fingerprint density at radius 1 is 1.00 bits per heavy atom. The maximum atomic E-state index is 12.6. The molecule has 0 aliphatic rings. The van der Waals surface area contributed by atoms with Gasteiger partial charge in [0.2, 0.25) is 0 Å². The quantitative estimate of drug-likeness (QED) is 0.585. The van der Waals surface area contributed by atoms with E-state index in [-0.39, 0.29) is 5.91 Å². The van der Waals surface area contributed by atoms with Gasteiger partial charge in [-0.2, -0.15) is 0 Å². The number of benzene rings is 3. The lowest BCUT2D eigenvalue weighted by molar-refractivity contribution is 0.102. The number of nitrogens with one attached hydrogen (secondary N) is 1. The lowest BCUT2D eigenvalue weighted by atomic mass is 10.2. The lowest BCUT2D eigenvalue weighted by Crippen LogP contribution is -2.13. The molecule has 1 heterocycles. The number of carbonyl (C=O) groups is 1. The van der Waals surface area contributed by atoms with Crippen LogP contribution in [0.2, 0.25) is 0 Å². The summed E-state index contributed by atoms with van der Waals surface area (Å²) in [5.41, 5.74) is 4.09. The van der Waals surface area contributed by atoms with E-state index in [0.29, 0.717) is 17.0 Å². The minimum Gasteiger partial charge on any atom is -0.496 e. The van der Waals surface area contributed by atoms with Gasteiger partial charge in [-0.3, -0.25) is 4.79 Å². The fourth-order valence-electron chi connectivity index (χ4n) is 3.14. The summed E-state index contributed by atoms with van der Waals surface area (Å²) in [6, 6.07) is 22.9. The van der Waals surface area contributed by atoms with Crippen molar-refractivity contribution in [2.24, 2.45) is 7.05 Å². The number of methoxy groups -OCH3 is 1. The zero-order valence-corrected chi connectivity index (χ0v) is 15.1. The second-order valence-electron chi connectivity index (χ2n) is 6.22. The van der Waals surface area contributed by atoms with Crippen molar-refractivity contribution in [2.45, 2.75) is 0 Å². The first-order chi connectivity index (χ1) is 13.2. The van der Waals surface area contributed by atoms with Gasteiger partial charge in [0.1, 0.15) is 11.6 Å². The van der Waals surface area contributed by atoms with Crippen LogP contribution >= 0.6 is 0 Å². The van der Waals surface area contributed by atoms with Crippen molar-refractivity contribution in [3.05, 3.63) is 78.4 Å². The zero-order valence-electron chi connectivity index (χ0n) is 15.1. The molecule has 0 aliphatic carbocycles. The summed E-state index contributed by atoms with van der Waals surface area (Å²) in [6.45, 7) is 0. The summed E-state index contributed by atoms with van der Waals surface area (Å²) in [5, 5.41) is 2.94. The van der Waals surface area contributed by atoms with E-state index >= 15 is 0 Å². The third-order valence-corrected chi connectivity index (χ3v) is 4.52. The molecule has 0 fully saturated rings. The van der Waals surface area contributed by atoms with Gasteiger partial charge in [-0.1, -0.05) is 42.5 Å². The first-order valence-corrected chi connectivity index (χ1v) is 8.63. The number of aromatic nitrogens is 2. The van der Waals surface area contributed by atoms with E-state index in [1.807, 2.05) is 72.3 Å². The number of hydrogen-bond donors (Lipinski definition) is 1. The summed E-state index contributed by atoms with van der Waals surface area (Å²) in [4.78, 5) is 17.3.